The number of rotatable bonds is 5. The molecule has 17 heavy (non-hydrogen) atoms. The molecule has 0 amide bonds. The predicted octanol–water partition coefficient (Wildman–Crippen LogP) is 2.81. The molecule has 96 valence electrons. The molecule has 1 unspecified atom stereocenters. The molecule has 0 aliphatic heterocycles. The zero-order valence-corrected chi connectivity index (χ0v) is 10.0. The summed E-state index contributed by atoms with van der Waals surface area (Å²) in [7, 11) is 1.47. The number of hydrogen-bond acceptors (Lipinski definition) is 1. The summed E-state index contributed by atoms with van der Waals surface area (Å²) in [5, 5.41) is 0. The van der Waals surface area contributed by atoms with Gasteiger partial charge in [-0.1, -0.05) is 13.5 Å². The highest BCUT2D eigenvalue weighted by Gasteiger charge is 2.43. The minimum Gasteiger partial charge on any atom is -0.328 e. The second-order valence-corrected chi connectivity index (χ2v) is 4.06. The smallest absolute Gasteiger partial charge is 0.277 e. The fourth-order valence-corrected chi connectivity index (χ4v) is 1.84. The lowest BCUT2D eigenvalue weighted by Gasteiger charge is -2.27. The van der Waals surface area contributed by atoms with E-state index in [1.807, 2.05) is 0 Å². The number of halogens is 3. The lowest BCUT2D eigenvalue weighted by Crippen LogP contribution is -2.32. The number of nitrogens with two attached hydrogens (primary N) is 1. The fraction of sp³-hybridized carbons (Fsp3) is 0.500. The molecule has 0 aromatic carbocycles. The molecular weight excluding hydrogens is 229 g/mol. The Morgan fingerprint density at radius 1 is 1.59 bits per heavy atom. The zero-order chi connectivity index (χ0) is 13.2. The molecule has 0 aliphatic carbocycles. The third-order valence-corrected chi connectivity index (χ3v) is 2.96. The van der Waals surface area contributed by atoms with Crippen LogP contribution in [0.25, 0.3) is 0 Å². The second kappa shape index (κ2) is 4.96. The van der Waals surface area contributed by atoms with Crippen LogP contribution in [-0.2, 0) is 7.05 Å². The first-order valence-electron chi connectivity index (χ1n) is 5.43. The summed E-state index contributed by atoms with van der Waals surface area (Å²) in [6, 6.07) is 1.38. The zero-order valence-electron chi connectivity index (χ0n) is 10.0. The van der Waals surface area contributed by atoms with E-state index in [0.717, 1.165) is 0 Å². The van der Waals surface area contributed by atoms with Crippen molar-refractivity contribution in [3.05, 3.63) is 35.9 Å². The maximum absolute atomic E-state index is 14.0. The van der Waals surface area contributed by atoms with Gasteiger partial charge in [0, 0.05) is 30.9 Å². The molecule has 1 atom stereocenters. The highest BCUT2D eigenvalue weighted by atomic mass is 19.3. The van der Waals surface area contributed by atoms with Crippen molar-refractivity contribution in [2.75, 3.05) is 6.54 Å². The van der Waals surface area contributed by atoms with E-state index in [1.165, 1.54) is 23.9 Å². The molecule has 1 aromatic heterocycles. The Kier molecular flexibility index (Phi) is 4.03. The molecule has 0 fully saturated rings. The van der Waals surface area contributed by atoms with Gasteiger partial charge in [-0.15, -0.1) is 0 Å². The van der Waals surface area contributed by atoms with Gasteiger partial charge in [0.1, 0.15) is 0 Å². The molecule has 0 spiro atoms. The summed E-state index contributed by atoms with van der Waals surface area (Å²) in [6.45, 7) is 4.56. The molecule has 1 aromatic rings. The Labute approximate surface area is 98.9 Å². The maximum Gasteiger partial charge on any atom is 0.277 e. The van der Waals surface area contributed by atoms with E-state index in [9.17, 15) is 13.2 Å². The molecule has 0 saturated heterocycles. The Bertz CT molecular complexity index is 410. The molecule has 1 rings (SSSR count). The van der Waals surface area contributed by atoms with E-state index < -0.39 is 17.8 Å². The molecule has 0 saturated carbocycles. The standard InChI is InChI=1S/C12H17F3N2/c1-4-10(12(14,15)8(2)7-16)9-5-6-17(3)11(9)13/h5-6,10H,2,4,7,16H2,1,3H3. The van der Waals surface area contributed by atoms with Crippen molar-refractivity contribution in [3.8, 4) is 0 Å². The van der Waals surface area contributed by atoms with Gasteiger partial charge in [0.15, 0.2) is 5.95 Å². The lowest BCUT2D eigenvalue weighted by molar-refractivity contribution is 0.00778. The van der Waals surface area contributed by atoms with Crippen LogP contribution in [-0.4, -0.2) is 17.0 Å². The van der Waals surface area contributed by atoms with Crippen LogP contribution in [0.3, 0.4) is 0 Å². The minimum atomic E-state index is -3.19. The molecule has 0 aliphatic rings. The monoisotopic (exact) mass is 246 g/mol. The van der Waals surface area contributed by atoms with Gasteiger partial charge in [0.05, 0.1) is 5.92 Å². The van der Waals surface area contributed by atoms with Crippen molar-refractivity contribution in [3.63, 3.8) is 0 Å². The molecule has 2 N–H and O–H groups in total. The Balaban J connectivity index is 3.16. The highest BCUT2D eigenvalue weighted by Crippen LogP contribution is 2.41. The molecule has 0 bridgehead atoms. The second-order valence-electron chi connectivity index (χ2n) is 4.06. The first kappa shape index (κ1) is 13.8. The van der Waals surface area contributed by atoms with Crippen LogP contribution in [0.15, 0.2) is 24.4 Å². The SMILES string of the molecule is C=C(CN)C(F)(F)C(CC)c1ccn(C)c1F. The molecule has 0 radical (unpaired) electrons. The summed E-state index contributed by atoms with van der Waals surface area (Å²) >= 11 is 0. The van der Waals surface area contributed by atoms with Gasteiger partial charge in [0.2, 0.25) is 0 Å². The van der Waals surface area contributed by atoms with Crippen LogP contribution in [0.1, 0.15) is 24.8 Å². The first-order valence-corrected chi connectivity index (χ1v) is 5.43. The number of hydrogen-bond donors (Lipinski definition) is 1. The maximum atomic E-state index is 14.0. The molecular formula is C12H17F3N2. The summed E-state index contributed by atoms with van der Waals surface area (Å²) in [4.78, 5) is 0. The van der Waals surface area contributed by atoms with Crippen LogP contribution >= 0.6 is 0 Å². The number of aromatic nitrogens is 1. The number of aryl methyl sites for hydroxylation is 1. The summed E-state index contributed by atoms with van der Waals surface area (Å²) < 4.78 is 42.8. The Morgan fingerprint density at radius 3 is 2.53 bits per heavy atom. The summed E-state index contributed by atoms with van der Waals surface area (Å²) in [6.07, 6.45) is 1.54. The summed E-state index contributed by atoms with van der Waals surface area (Å²) in [5.41, 5.74) is 4.83. The average Bonchev–Trinajstić information content (AvgIpc) is 2.60. The Hall–Kier alpha value is -1.23. The molecule has 2 nitrogen and oxygen atoms in total. The first-order chi connectivity index (χ1) is 7.86. The van der Waals surface area contributed by atoms with Gasteiger partial charge in [-0.25, -0.2) is 8.78 Å². The predicted molar refractivity (Wildman–Crippen MR) is 61.5 cm³/mol. The molecule has 1 heterocycles. The van der Waals surface area contributed by atoms with E-state index >= 15 is 0 Å². The van der Waals surface area contributed by atoms with Gasteiger partial charge in [-0.05, 0) is 12.5 Å². The normalized spacial score (nSPS) is 13.8. The lowest BCUT2D eigenvalue weighted by atomic mass is 9.87. The van der Waals surface area contributed by atoms with Gasteiger partial charge >= 0.3 is 0 Å². The van der Waals surface area contributed by atoms with Gasteiger partial charge in [-0.2, -0.15) is 4.39 Å². The van der Waals surface area contributed by atoms with E-state index in [4.69, 9.17) is 5.73 Å². The average molecular weight is 246 g/mol. The van der Waals surface area contributed by atoms with E-state index in [2.05, 4.69) is 6.58 Å². The van der Waals surface area contributed by atoms with Crippen LogP contribution in [0.2, 0.25) is 0 Å². The van der Waals surface area contributed by atoms with Crippen molar-refractivity contribution in [1.29, 1.82) is 0 Å². The summed E-state index contributed by atoms with van der Waals surface area (Å²) in [5.74, 6) is -5.05. The third-order valence-electron chi connectivity index (χ3n) is 2.96. The molecule has 5 heteroatoms. The van der Waals surface area contributed by atoms with Crippen molar-refractivity contribution in [2.24, 2.45) is 12.8 Å². The van der Waals surface area contributed by atoms with Crippen molar-refractivity contribution in [1.82, 2.24) is 4.57 Å². The quantitative estimate of drug-likeness (QED) is 0.796. The van der Waals surface area contributed by atoms with Gasteiger partial charge < -0.3 is 10.3 Å². The van der Waals surface area contributed by atoms with Crippen LogP contribution in [0.4, 0.5) is 13.2 Å². The van der Waals surface area contributed by atoms with E-state index in [1.54, 1.807) is 6.92 Å². The van der Waals surface area contributed by atoms with Crippen molar-refractivity contribution < 1.29 is 13.2 Å². The minimum absolute atomic E-state index is 0.00889. The van der Waals surface area contributed by atoms with E-state index in [-0.39, 0.29) is 24.1 Å². The largest absolute Gasteiger partial charge is 0.328 e. The third kappa shape index (κ3) is 2.39. The van der Waals surface area contributed by atoms with Crippen LogP contribution < -0.4 is 5.73 Å². The fourth-order valence-electron chi connectivity index (χ4n) is 1.84. The van der Waals surface area contributed by atoms with E-state index in [0.29, 0.717) is 0 Å². The number of alkyl halides is 2. The van der Waals surface area contributed by atoms with Crippen molar-refractivity contribution >= 4 is 0 Å². The Morgan fingerprint density at radius 2 is 2.18 bits per heavy atom. The van der Waals surface area contributed by atoms with Crippen LogP contribution in [0.5, 0.6) is 0 Å². The highest BCUT2D eigenvalue weighted by molar-refractivity contribution is 5.26. The van der Waals surface area contributed by atoms with Crippen LogP contribution in [0, 0.1) is 5.95 Å². The van der Waals surface area contributed by atoms with Gasteiger partial charge in [0.25, 0.3) is 5.92 Å². The number of nitrogens with zero attached hydrogens (tertiary/aromatic N) is 1. The topological polar surface area (TPSA) is 30.9 Å². The van der Waals surface area contributed by atoms with Gasteiger partial charge in [-0.3, -0.25) is 0 Å². The van der Waals surface area contributed by atoms with Crippen molar-refractivity contribution in [2.45, 2.75) is 25.2 Å².